The number of carboxylic acids is 1. The minimum atomic E-state index is -1.18. The Labute approximate surface area is 147 Å². The summed E-state index contributed by atoms with van der Waals surface area (Å²) < 4.78 is 11.2. The Kier molecular flexibility index (Phi) is 6.22. The molecule has 3 rings (SSSR count). The molecule has 1 aromatic carbocycles. The Hall–Kier alpha value is -2.15. The Bertz CT molecular complexity index is 692. The smallest absolute Gasteiger partial charge is 0.158 e. The normalized spacial score (nSPS) is 15.4. The quantitative estimate of drug-likeness (QED) is 0.687. The average molecular weight is 344 g/mol. The second-order valence-corrected chi connectivity index (χ2v) is 6.22. The number of hydrogen-bond donors (Lipinski definition) is 1. The van der Waals surface area contributed by atoms with Crippen LogP contribution in [-0.4, -0.2) is 50.3 Å². The summed E-state index contributed by atoms with van der Waals surface area (Å²) in [5.41, 5.74) is 0.908. The Morgan fingerprint density at radius 1 is 1.20 bits per heavy atom. The fourth-order valence-corrected chi connectivity index (χ4v) is 2.97. The minimum Gasteiger partial charge on any atom is -0.545 e. The molecule has 1 fully saturated rings. The first-order valence-corrected chi connectivity index (χ1v) is 8.74. The maximum atomic E-state index is 10.9. The molecule has 0 unspecified atom stereocenters. The van der Waals surface area contributed by atoms with Gasteiger partial charge in [-0.3, -0.25) is 4.90 Å². The van der Waals surface area contributed by atoms with Crippen LogP contribution in [0, 0.1) is 0 Å². The van der Waals surface area contributed by atoms with Crippen LogP contribution in [0.2, 0.25) is 0 Å². The molecule has 134 valence electrons. The summed E-state index contributed by atoms with van der Waals surface area (Å²) in [6.07, 6.45) is 1.14. The lowest BCUT2D eigenvalue weighted by Gasteiger charge is -2.26. The van der Waals surface area contributed by atoms with Gasteiger partial charge in [0.1, 0.15) is 12.3 Å². The van der Waals surface area contributed by atoms with Crippen LogP contribution >= 0.6 is 0 Å². The molecule has 1 aliphatic rings. The molecular weight excluding hydrogens is 320 g/mol. The molecule has 0 spiro atoms. The highest BCUT2D eigenvalue weighted by atomic mass is 16.5. The summed E-state index contributed by atoms with van der Waals surface area (Å²) in [7, 11) is 0. The summed E-state index contributed by atoms with van der Waals surface area (Å²) in [5, 5.41) is 13.2. The van der Waals surface area contributed by atoms with Crippen LogP contribution in [0.15, 0.2) is 40.8 Å². The van der Waals surface area contributed by atoms with Gasteiger partial charge in [-0.25, -0.2) is 0 Å². The Morgan fingerprint density at radius 3 is 2.84 bits per heavy atom. The van der Waals surface area contributed by atoms with Gasteiger partial charge < -0.3 is 24.4 Å². The van der Waals surface area contributed by atoms with Crippen LogP contribution < -0.4 is 10.4 Å². The monoisotopic (exact) mass is 344 g/mol. The number of furan rings is 1. The van der Waals surface area contributed by atoms with E-state index >= 15 is 0 Å². The molecule has 0 amide bonds. The molecule has 2 N–H and O–H groups in total. The standard InChI is InChI=1S/C19H24N2O4/c22-19(23)16-4-1-3-15(13-16)18-6-5-17(25-18)14-20-7-2-8-21-9-11-24-12-10-21/h1,3-6,13,20H,2,7-12,14H2,(H,22,23). The lowest BCUT2D eigenvalue weighted by atomic mass is 10.1. The molecule has 6 heteroatoms. The second-order valence-electron chi connectivity index (χ2n) is 6.22. The van der Waals surface area contributed by atoms with Crippen molar-refractivity contribution in [1.82, 2.24) is 4.90 Å². The molecule has 0 bridgehead atoms. The Morgan fingerprint density at radius 2 is 2.04 bits per heavy atom. The van der Waals surface area contributed by atoms with Crippen molar-refractivity contribution in [3.63, 3.8) is 0 Å². The number of morpholine rings is 1. The molecule has 0 radical (unpaired) electrons. The van der Waals surface area contributed by atoms with E-state index in [0.29, 0.717) is 5.76 Å². The summed E-state index contributed by atoms with van der Waals surface area (Å²) in [6.45, 7) is 6.70. The number of quaternary nitrogens is 1. The molecule has 2 aromatic rings. The first-order valence-electron chi connectivity index (χ1n) is 8.74. The second kappa shape index (κ2) is 8.80. The summed E-state index contributed by atoms with van der Waals surface area (Å²) in [4.78, 5) is 13.4. The molecule has 0 atom stereocenters. The van der Waals surface area contributed by atoms with Crippen molar-refractivity contribution in [2.45, 2.75) is 13.0 Å². The van der Waals surface area contributed by atoms with Crippen molar-refractivity contribution in [3.8, 4) is 11.3 Å². The van der Waals surface area contributed by atoms with E-state index in [1.165, 1.54) is 6.07 Å². The molecule has 0 aliphatic carbocycles. The molecular formula is C19H24N2O4. The van der Waals surface area contributed by atoms with Gasteiger partial charge in [0.25, 0.3) is 0 Å². The molecule has 2 heterocycles. The van der Waals surface area contributed by atoms with Crippen LogP contribution in [0.3, 0.4) is 0 Å². The van der Waals surface area contributed by atoms with E-state index in [2.05, 4.69) is 10.2 Å². The van der Waals surface area contributed by atoms with Crippen LogP contribution in [0.4, 0.5) is 0 Å². The van der Waals surface area contributed by atoms with E-state index in [1.807, 2.05) is 18.2 Å². The van der Waals surface area contributed by atoms with Crippen molar-refractivity contribution in [2.75, 3.05) is 39.4 Å². The van der Waals surface area contributed by atoms with Crippen molar-refractivity contribution < 1.29 is 24.4 Å². The number of benzene rings is 1. The molecule has 0 saturated carbocycles. The van der Waals surface area contributed by atoms with Crippen molar-refractivity contribution in [2.24, 2.45) is 0 Å². The van der Waals surface area contributed by atoms with Gasteiger partial charge in [-0.1, -0.05) is 18.2 Å². The SMILES string of the molecule is O=C([O-])c1cccc(-c2ccc(C[NH2+]CCCN3CCOCC3)o2)c1. The number of carbonyl (C=O) groups excluding carboxylic acids is 1. The summed E-state index contributed by atoms with van der Waals surface area (Å²) in [5.74, 6) is 0.391. The highest BCUT2D eigenvalue weighted by Gasteiger charge is 2.10. The fraction of sp³-hybridized carbons (Fsp3) is 0.421. The predicted octanol–water partition coefficient (Wildman–Crippen LogP) is 0.0958. The van der Waals surface area contributed by atoms with Crippen LogP contribution in [0.5, 0.6) is 0 Å². The predicted molar refractivity (Wildman–Crippen MR) is 90.8 cm³/mol. The van der Waals surface area contributed by atoms with E-state index in [9.17, 15) is 9.90 Å². The van der Waals surface area contributed by atoms with Crippen LogP contribution in [0.25, 0.3) is 11.3 Å². The molecule has 1 saturated heterocycles. The van der Waals surface area contributed by atoms with Gasteiger partial charge in [-0.2, -0.15) is 0 Å². The van der Waals surface area contributed by atoms with Gasteiger partial charge >= 0.3 is 0 Å². The van der Waals surface area contributed by atoms with Crippen molar-refractivity contribution in [1.29, 1.82) is 0 Å². The van der Waals surface area contributed by atoms with E-state index in [0.717, 1.165) is 63.7 Å². The van der Waals surface area contributed by atoms with E-state index in [-0.39, 0.29) is 5.56 Å². The topological polar surface area (TPSA) is 82.3 Å². The minimum absolute atomic E-state index is 0.158. The Balaban J connectivity index is 1.44. The number of nitrogens with two attached hydrogens (primary N) is 1. The largest absolute Gasteiger partial charge is 0.545 e. The maximum absolute atomic E-state index is 10.9. The maximum Gasteiger partial charge on any atom is 0.158 e. The number of nitrogens with zero attached hydrogens (tertiary/aromatic N) is 1. The number of aromatic carboxylic acids is 1. The van der Waals surface area contributed by atoms with Gasteiger partial charge in [-0.05, 0) is 23.8 Å². The number of ether oxygens (including phenoxy) is 1. The first kappa shape index (κ1) is 17.7. The molecule has 6 nitrogen and oxygen atoms in total. The van der Waals surface area contributed by atoms with Gasteiger partial charge in [0.15, 0.2) is 5.76 Å². The molecule has 1 aliphatic heterocycles. The van der Waals surface area contributed by atoms with Gasteiger partial charge in [0, 0.05) is 31.6 Å². The number of carboxylic acid groups (broad SMARTS) is 1. The van der Waals surface area contributed by atoms with E-state index in [1.54, 1.807) is 12.1 Å². The lowest BCUT2D eigenvalue weighted by molar-refractivity contribution is -0.672. The van der Waals surface area contributed by atoms with Gasteiger partial charge in [-0.15, -0.1) is 0 Å². The third kappa shape index (κ3) is 5.16. The zero-order valence-corrected chi connectivity index (χ0v) is 14.3. The third-order valence-electron chi connectivity index (χ3n) is 4.38. The van der Waals surface area contributed by atoms with Crippen molar-refractivity contribution >= 4 is 5.97 Å². The van der Waals surface area contributed by atoms with E-state index < -0.39 is 5.97 Å². The first-order chi connectivity index (χ1) is 12.2. The third-order valence-corrected chi connectivity index (χ3v) is 4.38. The highest BCUT2D eigenvalue weighted by Crippen LogP contribution is 2.22. The zero-order chi connectivity index (χ0) is 17.5. The van der Waals surface area contributed by atoms with Crippen LogP contribution in [0.1, 0.15) is 22.5 Å². The average Bonchev–Trinajstić information content (AvgIpc) is 3.11. The van der Waals surface area contributed by atoms with E-state index in [4.69, 9.17) is 9.15 Å². The number of hydrogen-bond acceptors (Lipinski definition) is 5. The molecule has 25 heavy (non-hydrogen) atoms. The van der Waals surface area contributed by atoms with Gasteiger partial charge in [0.2, 0.25) is 0 Å². The number of rotatable bonds is 8. The summed E-state index contributed by atoms with van der Waals surface area (Å²) >= 11 is 0. The van der Waals surface area contributed by atoms with Crippen LogP contribution in [-0.2, 0) is 11.3 Å². The van der Waals surface area contributed by atoms with Crippen molar-refractivity contribution in [3.05, 3.63) is 47.7 Å². The zero-order valence-electron chi connectivity index (χ0n) is 14.3. The highest BCUT2D eigenvalue weighted by molar-refractivity contribution is 5.87. The fourth-order valence-electron chi connectivity index (χ4n) is 2.97. The lowest BCUT2D eigenvalue weighted by Crippen LogP contribution is -2.82. The number of carbonyl (C=O) groups is 1. The molecule has 1 aromatic heterocycles. The summed E-state index contributed by atoms with van der Waals surface area (Å²) in [6, 6.07) is 10.4. The van der Waals surface area contributed by atoms with Gasteiger partial charge in [0.05, 0.1) is 25.7 Å².